The fraction of sp³-hybridized carbons (Fsp3) is 0.526. The van der Waals surface area contributed by atoms with Crippen molar-refractivity contribution in [3.8, 4) is 0 Å². The first-order valence-corrected chi connectivity index (χ1v) is 20.3. The van der Waals surface area contributed by atoms with E-state index in [-0.39, 0.29) is 75.1 Å². The summed E-state index contributed by atoms with van der Waals surface area (Å²) in [4.78, 5) is 153. The molecule has 0 aromatic carbocycles. The van der Waals surface area contributed by atoms with Crippen LogP contribution >= 0.6 is 0 Å². The number of hydrogen-bond acceptors (Lipinski definition) is 14. The number of urea groups is 1. The zero-order valence-corrected chi connectivity index (χ0v) is 38.7. The molecule has 2 unspecified atom stereocenters. The molecule has 381 valence electrons. The number of nitrogens with one attached hydrogen (secondary N) is 3. The summed E-state index contributed by atoms with van der Waals surface area (Å²) in [5, 5.41) is 80.7. The van der Waals surface area contributed by atoms with Gasteiger partial charge >= 0.3 is 53.8 Å². The molecule has 2 heterocycles. The second-order valence-electron chi connectivity index (χ2n) is 15.5. The fourth-order valence-electron chi connectivity index (χ4n) is 6.56. The van der Waals surface area contributed by atoms with Gasteiger partial charge in [-0.1, -0.05) is 0 Å². The summed E-state index contributed by atoms with van der Waals surface area (Å²) < 4.78 is 2.64. The van der Waals surface area contributed by atoms with E-state index in [1.54, 1.807) is 7.05 Å². The number of imidazole rings is 2. The molecule has 2 aromatic rings. The average molecular weight is 1070 g/mol. The van der Waals surface area contributed by atoms with Crippen LogP contribution in [0.2, 0.25) is 0 Å². The van der Waals surface area contributed by atoms with Crippen LogP contribution in [0.4, 0.5) is 4.79 Å². The molecule has 0 spiro atoms. The Balaban J connectivity index is 0.0000238. The van der Waals surface area contributed by atoms with Gasteiger partial charge in [0.1, 0.15) is 70.5 Å². The summed E-state index contributed by atoms with van der Waals surface area (Å²) in [6, 6.07) is -6.21. The van der Waals surface area contributed by atoms with E-state index < -0.39 is 155 Å². The number of quaternary nitrogens is 1. The number of unbranched alkanes of at least 4 members (excludes halogenated alkanes) is 1. The van der Waals surface area contributed by atoms with Gasteiger partial charge in [-0.05, 0) is 32.1 Å². The van der Waals surface area contributed by atoms with Crippen molar-refractivity contribution in [3.63, 3.8) is 0 Å². The molecule has 0 fully saturated rings. The Bertz CT molecular complexity index is 2080. The van der Waals surface area contributed by atoms with Crippen LogP contribution in [0.3, 0.4) is 0 Å². The number of carboxylic acids is 8. The molecule has 31 heteroatoms. The van der Waals surface area contributed by atoms with Gasteiger partial charge in [0.05, 0.1) is 13.6 Å². The van der Waals surface area contributed by atoms with E-state index in [4.69, 9.17) is 5.11 Å². The molecular weight excluding hydrogens is 1010 g/mol. The summed E-state index contributed by atoms with van der Waals surface area (Å²) in [5.74, 6) is -14.1. The first-order chi connectivity index (χ1) is 31.8. The van der Waals surface area contributed by atoms with Gasteiger partial charge in [0.2, 0.25) is 17.7 Å². The summed E-state index contributed by atoms with van der Waals surface area (Å²) in [6.45, 7) is -4.59. The molecule has 0 aliphatic heterocycles. The Morgan fingerprint density at radius 3 is 1.29 bits per heavy atom. The van der Waals surface area contributed by atoms with E-state index in [0.29, 0.717) is 9.80 Å². The number of aromatic nitrogens is 4. The van der Waals surface area contributed by atoms with Gasteiger partial charge in [-0.3, -0.25) is 38.4 Å². The minimum Gasteiger partial charge on any atom is -0.481 e. The van der Waals surface area contributed by atoms with Crippen LogP contribution in [0.5, 0.6) is 0 Å². The predicted octanol–water partition coefficient (Wildman–Crippen LogP) is -3.19. The Kier molecular flexibility index (Phi) is 24.7. The molecule has 3 atom stereocenters. The van der Waals surface area contributed by atoms with Crippen molar-refractivity contribution in [1.82, 2.24) is 44.9 Å². The van der Waals surface area contributed by atoms with Gasteiger partial charge < -0.3 is 80.2 Å². The van der Waals surface area contributed by atoms with Crippen LogP contribution in [-0.4, -0.2) is 204 Å². The third kappa shape index (κ3) is 22.2. The Morgan fingerprint density at radius 1 is 0.551 bits per heavy atom. The Hall–Kier alpha value is -7.53. The first kappa shape index (κ1) is 59.5. The minimum absolute atomic E-state index is 0. The van der Waals surface area contributed by atoms with Crippen LogP contribution in [0.15, 0.2) is 24.8 Å². The summed E-state index contributed by atoms with van der Waals surface area (Å²) in [7, 11) is 1.70. The molecule has 0 saturated carbocycles. The second-order valence-corrected chi connectivity index (χ2v) is 15.5. The largest absolute Gasteiger partial charge is 0.481 e. The van der Waals surface area contributed by atoms with E-state index in [1.165, 1.54) is 33.9 Å². The number of hydrogen-bond donors (Lipinski definition) is 11. The quantitative estimate of drug-likeness (QED) is 0.0248. The summed E-state index contributed by atoms with van der Waals surface area (Å²) in [6.07, 6.45) is 3.28. The third-order valence-electron chi connectivity index (χ3n) is 9.86. The molecule has 1 radical (unpaired) electrons. The zero-order chi connectivity index (χ0) is 51.3. The standard InChI is InChI=1S/C38H52N10O20.Tc/c1-48(20-25-39-9-11-44(25)14-28(50)46(16-31(54)55)17-32(56)57,21-26-40-10-12-45(26)15-29(51)47(18-33(58)59)19-34(60)61)13-3-2-4-22(35(62)63)41-27(49)7-5-23(36(64)65)42-38(68)43-24(37(66)67)6-8-30(52)53;/h9-12,22-24H,2-8,13-21H2,1H3,(H10-,41,42,43,49,52,53,54,55,56,57,58,59,60,61,62,63,64,65,66,67,68);/p+1/t22-,23?,24?;/m1./s1. The molecule has 0 aliphatic carbocycles. The van der Waals surface area contributed by atoms with Gasteiger partial charge in [-0.2, -0.15) is 0 Å². The average Bonchev–Trinajstić information content (AvgIpc) is 3.84. The zero-order valence-electron chi connectivity index (χ0n) is 36.8. The van der Waals surface area contributed by atoms with Crippen molar-refractivity contribution >= 4 is 71.5 Å². The van der Waals surface area contributed by atoms with Gasteiger partial charge in [0.15, 0.2) is 11.6 Å². The van der Waals surface area contributed by atoms with Crippen LogP contribution in [0, 0.1) is 0 Å². The van der Waals surface area contributed by atoms with Crippen molar-refractivity contribution in [2.75, 3.05) is 39.8 Å². The molecule has 11 N–H and O–H groups in total. The van der Waals surface area contributed by atoms with Crippen molar-refractivity contribution < 1.29 is 123 Å². The summed E-state index contributed by atoms with van der Waals surface area (Å²) in [5.41, 5.74) is 0. The molecule has 69 heavy (non-hydrogen) atoms. The fourth-order valence-corrected chi connectivity index (χ4v) is 6.56. The second kappa shape index (κ2) is 28.6. The van der Waals surface area contributed by atoms with Crippen molar-refractivity contribution in [3.05, 3.63) is 36.4 Å². The molecular formula is C38H53N10O20Tc+. The van der Waals surface area contributed by atoms with Crippen molar-refractivity contribution in [2.45, 2.75) is 89.3 Å². The normalized spacial score (nSPS) is 12.2. The van der Waals surface area contributed by atoms with Gasteiger partial charge in [-0.25, -0.2) is 29.1 Å². The maximum Gasteiger partial charge on any atom is 0.326 e. The monoisotopic (exact) mass is 1070 g/mol. The van der Waals surface area contributed by atoms with Crippen LogP contribution in [0.1, 0.15) is 56.6 Å². The van der Waals surface area contributed by atoms with E-state index in [0.717, 1.165) is 0 Å². The van der Waals surface area contributed by atoms with Gasteiger partial charge in [-0.15, -0.1) is 0 Å². The van der Waals surface area contributed by atoms with Gasteiger partial charge in [0.25, 0.3) is 0 Å². The minimum atomic E-state index is -1.75. The van der Waals surface area contributed by atoms with Gasteiger partial charge in [0, 0.05) is 57.7 Å². The smallest absolute Gasteiger partial charge is 0.326 e. The van der Waals surface area contributed by atoms with E-state index in [1.807, 2.05) is 10.6 Å². The molecule has 30 nitrogen and oxygen atoms in total. The van der Waals surface area contributed by atoms with Crippen LogP contribution in [0.25, 0.3) is 0 Å². The number of rotatable bonds is 33. The molecule has 0 saturated heterocycles. The maximum absolute atomic E-state index is 13.1. The first-order valence-electron chi connectivity index (χ1n) is 20.3. The molecule has 0 aliphatic rings. The van der Waals surface area contributed by atoms with Crippen LogP contribution in [-0.2, 0) is 99.0 Å². The number of amides is 5. The number of aliphatic carboxylic acids is 8. The van der Waals surface area contributed by atoms with E-state index in [9.17, 15) is 93.3 Å². The molecule has 2 aromatic heterocycles. The molecule has 0 bridgehead atoms. The number of nitrogens with zero attached hydrogens (tertiary/aromatic N) is 7. The summed E-state index contributed by atoms with van der Waals surface area (Å²) >= 11 is 0. The predicted molar refractivity (Wildman–Crippen MR) is 221 cm³/mol. The molecule has 5 amide bonds. The number of carboxylic acid groups (broad SMARTS) is 8. The number of carbonyl (C=O) groups excluding carboxylic acids is 4. The number of carbonyl (C=O) groups is 12. The van der Waals surface area contributed by atoms with Crippen molar-refractivity contribution in [2.24, 2.45) is 0 Å². The maximum atomic E-state index is 13.1. The topological polar surface area (TPSA) is 445 Å². The van der Waals surface area contributed by atoms with Crippen LogP contribution < -0.4 is 16.0 Å². The Labute approximate surface area is 403 Å². The van der Waals surface area contributed by atoms with Crippen molar-refractivity contribution in [1.29, 1.82) is 0 Å². The third-order valence-corrected chi connectivity index (χ3v) is 9.86. The van der Waals surface area contributed by atoms with E-state index >= 15 is 0 Å². The SMILES string of the molecule is C[N+](CCCC[C@@H](NC(=O)CCC(NC(=O)NC(CCC(=O)O)C(=O)O)C(=O)O)C(=O)O)(Cc1nccn1CC(=O)N(CC(=O)O)CC(=O)O)Cc1nccn1CC(=O)N(CC(=O)O)CC(=O)O.[Tc]. The van der Waals surface area contributed by atoms with E-state index in [2.05, 4.69) is 15.3 Å². The molecule has 2 rings (SSSR count). The Morgan fingerprint density at radius 2 is 0.928 bits per heavy atom.